The Kier molecular flexibility index (Phi) is 6.85. The molecule has 0 unspecified atom stereocenters. The van der Waals surface area contributed by atoms with Crippen molar-refractivity contribution in [3.8, 4) is 11.1 Å². The lowest BCUT2D eigenvalue weighted by atomic mass is 9.86. The summed E-state index contributed by atoms with van der Waals surface area (Å²) in [6.07, 6.45) is 1.42. The number of amides is 2. The summed E-state index contributed by atoms with van der Waals surface area (Å²) in [4.78, 5) is 30.6. The van der Waals surface area contributed by atoms with Crippen LogP contribution in [0.3, 0.4) is 0 Å². The molecule has 5 heteroatoms. The minimum atomic E-state index is -0.656. The molecule has 1 aliphatic rings. The Labute approximate surface area is 202 Å². The quantitative estimate of drug-likeness (QED) is 0.561. The van der Waals surface area contributed by atoms with Gasteiger partial charge in [0, 0.05) is 17.9 Å². The molecule has 0 aliphatic carbocycles. The first-order chi connectivity index (χ1) is 16.3. The molecule has 34 heavy (non-hydrogen) atoms. The Balaban J connectivity index is 1.67. The van der Waals surface area contributed by atoms with Crippen molar-refractivity contribution in [2.75, 3.05) is 11.4 Å². The number of anilines is 2. The highest BCUT2D eigenvalue weighted by molar-refractivity contribution is 6.05. The average Bonchev–Trinajstić information content (AvgIpc) is 3.34. The second kappa shape index (κ2) is 9.82. The maximum atomic E-state index is 14.0. The van der Waals surface area contributed by atoms with Crippen molar-refractivity contribution in [2.45, 2.75) is 45.7 Å². The zero-order valence-electron chi connectivity index (χ0n) is 20.1. The van der Waals surface area contributed by atoms with Crippen molar-refractivity contribution in [3.05, 3.63) is 84.9 Å². The summed E-state index contributed by atoms with van der Waals surface area (Å²) in [6, 6.07) is 26.6. The summed E-state index contributed by atoms with van der Waals surface area (Å²) in [5, 5.41) is 0. The second-order valence-corrected chi connectivity index (χ2v) is 9.96. The molecule has 0 spiro atoms. The fourth-order valence-corrected chi connectivity index (χ4v) is 4.40. The maximum Gasteiger partial charge on any atom is 0.254 e. The molecule has 1 saturated heterocycles. The third kappa shape index (κ3) is 4.90. The van der Waals surface area contributed by atoms with Gasteiger partial charge in [-0.25, -0.2) is 0 Å². The first kappa shape index (κ1) is 23.7. The predicted molar refractivity (Wildman–Crippen MR) is 138 cm³/mol. The summed E-state index contributed by atoms with van der Waals surface area (Å²) in [5.41, 5.74) is 9.67. The predicted octanol–water partition coefficient (Wildman–Crippen LogP) is 5.38. The maximum absolute atomic E-state index is 14.0. The van der Waals surface area contributed by atoms with Gasteiger partial charge < -0.3 is 10.6 Å². The molecule has 1 heterocycles. The van der Waals surface area contributed by atoms with Crippen molar-refractivity contribution in [1.29, 1.82) is 0 Å². The van der Waals surface area contributed by atoms with Gasteiger partial charge in [-0.15, -0.1) is 0 Å². The third-order valence-electron chi connectivity index (χ3n) is 6.49. The van der Waals surface area contributed by atoms with E-state index < -0.39 is 12.1 Å². The van der Waals surface area contributed by atoms with Crippen molar-refractivity contribution in [1.82, 2.24) is 4.90 Å². The van der Waals surface area contributed by atoms with Crippen LogP contribution in [0.1, 0.15) is 33.6 Å². The number of para-hydroxylation sites is 1. The van der Waals surface area contributed by atoms with Gasteiger partial charge in [-0.3, -0.25) is 14.5 Å². The SMILES string of the molecule is CC(C)(C)[C@H](N)C(=O)N1CCC[C@H]1C(=O)N(c1ccccc1)c1ccc(-c2ccccc2)cc1. The molecule has 3 aromatic carbocycles. The molecule has 3 aromatic rings. The highest BCUT2D eigenvalue weighted by Gasteiger charge is 2.41. The number of carbonyl (C=O) groups is 2. The molecule has 0 bridgehead atoms. The summed E-state index contributed by atoms with van der Waals surface area (Å²) in [5.74, 6) is -0.263. The molecular formula is C29H33N3O2. The largest absolute Gasteiger partial charge is 0.329 e. The lowest BCUT2D eigenvalue weighted by Crippen LogP contribution is -2.55. The Morgan fingerprint density at radius 3 is 1.97 bits per heavy atom. The molecule has 2 N–H and O–H groups in total. The second-order valence-electron chi connectivity index (χ2n) is 9.96. The molecule has 4 rings (SSSR count). The van der Waals surface area contributed by atoms with Gasteiger partial charge in [0.2, 0.25) is 5.91 Å². The fourth-order valence-electron chi connectivity index (χ4n) is 4.40. The van der Waals surface area contributed by atoms with Gasteiger partial charge in [0.1, 0.15) is 6.04 Å². The highest BCUT2D eigenvalue weighted by atomic mass is 16.2. The van der Waals surface area contributed by atoms with E-state index in [1.807, 2.05) is 93.6 Å². The molecule has 0 aromatic heterocycles. The van der Waals surface area contributed by atoms with Gasteiger partial charge in [-0.05, 0) is 53.6 Å². The molecule has 0 saturated carbocycles. The monoisotopic (exact) mass is 455 g/mol. The van der Waals surface area contributed by atoms with E-state index in [-0.39, 0.29) is 17.2 Å². The summed E-state index contributed by atoms with van der Waals surface area (Å²) >= 11 is 0. The van der Waals surface area contributed by atoms with E-state index in [1.165, 1.54) is 0 Å². The molecule has 176 valence electrons. The normalized spacial score (nSPS) is 16.8. The molecular weight excluding hydrogens is 422 g/mol. The van der Waals surface area contributed by atoms with E-state index in [0.29, 0.717) is 13.0 Å². The van der Waals surface area contributed by atoms with Crippen LogP contribution in [-0.4, -0.2) is 35.3 Å². The van der Waals surface area contributed by atoms with E-state index in [9.17, 15) is 9.59 Å². The van der Waals surface area contributed by atoms with Crippen LogP contribution in [0.5, 0.6) is 0 Å². The van der Waals surface area contributed by atoms with Gasteiger partial charge >= 0.3 is 0 Å². The highest BCUT2D eigenvalue weighted by Crippen LogP contribution is 2.32. The van der Waals surface area contributed by atoms with Crippen LogP contribution >= 0.6 is 0 Å². The fraction of sp³-hybridized carbons (Fsp3) is 0.310. The molecule has 2 amide bonds. The topological polar surface area (TPSA) is 66.6 Å². The van der Waals surface area contributed by atoms with E-state index in [1.54, 1.807) is 9.80 Å². The van der Waals surface area contributed by atoms with Crippen molar-refractivity contribution in [2.24, 2.45) is 11.1 Å². The average molecular weight is 456 g/mol. The number of rotatable bonds is 5. The summed E-state index contributed by atoms with van der Waals surface area (Å²) in [6.45, 7) is 6.40. The minimum Gasteiger partial charge on any atom is -0.329 e. The molecule has 5 nitrogen and oxygen atoms in total. The van der Waals surface area contributed by atoms with Crippen LogP contribution < -0.4 is 10.6 Å². The number of hydrogen-bond acceptors (Lipinski definition) is 3. The van der Waals surface area contributed by atoms with E-state index in [0.717, 1.165) is 28.9 Å². The molecule has 1 fully saturated rings. The van der Waals surface area contributed by atoms with Gasteiger partial charge in [0.25, 0.3) is 5.91 Å². The van der Waals surface area contributed by atoms with E-state index >= 15 is 0 Å². The summed E-state index contributed by atoms with van der Waals surface area (Å²) in [7, 11) is 0. The lowest BCUT2D eigenvalue weighted by Gasteiger charge is -2.34. The standard InChI is InChI=1S/C29H33N3O2/c1-29(2,3)26(30)28(34)31-20-10-15-25(31)27(33)32(23-13-8-5-9-14-23)24-18-16-22(17-19-24)21-11-6-4-7-12-21/h4-9,11-14,16-19,25-26H,10,15,20,30H2,1-3H3/t25-,26+/m0/s1. The van der Waals surface area contributed by atoms with Gasteiger partial charge in [-0.2, -0.15) is 0 Å². The van der Waals surface area contributed by atoms with E-state index in [4.69, 9.17) is 5.73 Å². The number of nitrogens with two attached hydrogens (primary N) is 1. The first-order valence-electron chi connectivity index (χ1n) is 11.9. The van der Waals surface area contributed by atoms with Gasteiger partial charge in [-0.1, -0.05) is 81.4 Å². The zero-order chi connectivity index (χ0) is 24.3. The summed E-state index contributed by atoms with van der Waals surface area (Å²) < 4.78 is 0. The molecule has 2 atom stereocenters. The van der Waals surface area contributed by atoms with Crippen LogP contribution in [0, 0.1) is 5.41 Å². The minimum absolute atomic E-state index is 0.106. The number of hydrogen-bond donors (Lipinski definition) is 1. The van der Waals surface area contributed by atoms with E-state index in [2.05, 4.69) is 12.1 Å². The lowest BCUT2D eigenvalue weighted by molar-refractivity contribution is -0.140. The zero-order valence-corrected chi connectivity index (χ0v) is 20.1. The van der Waals surface area contributed by atoms with Crippen LogP contribution in [-0.2, 0) is 9.59 Å². The van der Waals surface area contributed by atoms with Crippen LogP contribution in [0.2, 0.25) is 0 Å². The Morgan fingerprint density at radius 2 is 1.38 bits per heavy atom. The molecule has 0 radical (unpaired) electrons. The Morgan fingerprint density at radius 1 is 0.853 bits per heavy atom. The molecule has 1 aliphatic heterocycles. The first-order valence-corrected chi connectivity index (χ1v) is 11.9. The van der Waals surface area contributed by atoms with Crippen LogP contribution in [0.25, 0.3) is 11.1 Å². The Bertz CT molecular complexity index is 1120. The van der Waals surface area contributed by atoms with Gasteiger partial charge in [0.15, 0.2) is 0 Å². The smallest absolute Gasteiger partial charge is 0.254 e. The number of likely N-dealkylation sites (tertiary alicyclic amines) is 1. The third-order valence-corrected chi connectivity index (χ3v) is 6.49. The number of nitrogens with zero attached hydrogens (tertiary/aromatic N) is 2. The van der Waals surface area contributed by atoms with Gasteiger partial charge in [0.05, 0.1) is 6.04 Å². The van der Waals surface area contributed by atoms with Crippen molar-refractivity contribution < 1.29 is 9.59 Å². The van der Waals surface area contributed by atoms with Crippen LogP contribution in [0.4, 0.5) is 11.4 Å². The van der Waals surface area contributed by atoms with Crippen molar-refractivity contribution >= 4 is 23.2 Å². The number of benzene rings is 3. The van der Waals surface area contributed by atoms with Crippen molar-refractivity contribution in [3.63, 3.8) is 0 Å². The van der Waals surface area contributed by atoms with Crippen LogP contribution in [0.15, 0.2) is 84.9 Å². The Hall–Kier alpha value is -3.44. The number of carbonyl (C=O) groups excluding carboxylic acids is 2.